The van der Waals surface area contributed by atoms with E-state index in [9.17, 15) is 35.2 Å². The number of aryl methyl sites for hydroxylation is 1. The van der Waals surface area contributed by atoms with E-state index in [-0.39, 0.29) is 51.3 Å². The van der Waals surface area contributed by atoms with Crippen molar-refractivity contribution in [3.8, 4) is 11.4 Å². The summed E-state index contributed by atoms with van der Waals surface area (Å²) >= 11 is 5.88. The number of nitrogens with zero attached hydrogens (tertiary/aromatic N) is 3. The molecule has 0 saturated heterocycles. The first-order chi connectivity index (χ1) is 14.3. The molecule has 0 atom stereocenters. The summed E-state index contributed by atoms with van der Waals surface area (Å²) in [6, 6.07) is 3.85. The number of hydrogen-bond donors (Lipinski definition) is 0. The first-order valence-electron chi connectivity index (χ1n) is 8.90. The highest BCUT2D eigenvalue weighted by molar-refractivity contribution is 7.91. The molecule has 3 heterocycles. The van der Waals surface area contributed by atoms with Crippen LogP contribution in [0.3, 0.4) is 0 Å². The highest BCUT2D eigenvalue weighted by Crippen LogP contribution is 2.39. The molecule has 2 aromatic heterocycles. The lowest BCUT2D eigenvalue weighted by atomic mass is 10.0. The molecule has 0 fully saturated rings. The van der Waals surface area contributed by atoms with Crippen LogP contribution in [0.15, 0.2) is 29.3 Å². The van der Waals surface area contributed by atoms with Gasteiger partial charge in [-0.05, 0) is 30.2 Å². The minimum atomic E-state index is -5.83. The molecule has 0 N–H and O–H groups in total. The summed E-state index contributed by atoms with van der Waals surface area (Å²) < 4.78 is 89.8. The second-order valence-corrected chi connectivity index (χ2v) is 9.40. The number of sulfone groups is 1. The van der Waals surface area contributed by atoms with Crippen LogP contribution < -0.4 is 4.90 Å². The molecule has 0 radical (unpaired) electrons. The maximum absolute atomic E-state index is 13.6. The lowest BCUT2D eigenvalue weighted by Gasteiger charge is -2.32. The topological polar surface area (TPSA) is 80.2 Å². The van der Waals surface area contributed by atoms with E-state index in [0.717, 1.165) is 6.20 Å². The summed E-state index contributed by atoms with van der Waals surface area (Å²) in [5, 5.41) is -0.0220. The number of pyridine rings is 2. The number of aromatic nitrogens is 2. The van der Waals surface area contributed by atoms with Crippen molar-refractivity contribution in [2.45, 2.75) is 36.8 Å². The normalized spacial score (nSPS) is 15.2. The number of carbonyl (C=O) groups is 1. The summed E-state index contributed by atoms with van der Waals surface area (Å²) in [4.78, 5) is 20.3. The van der Waals surface area contributed by atoms with Crippen LogP contribution in [0.5, 0.6) is 0 Å². The molecule has 13 heteroatoms. The van der Waals surface area contributed by atoms with Gasteiger partial charge in [-0.3, -0.25) is 9.78 Å². The van der Waals surface area contributed by atoms with Crippen molar-refractivity contribution in [1.82, 2.24) is 9.97 Å². The van der Waals surface area contributed by atoms with E-state index in [1.54, 1.807) is 0 Å². The molecule has 1 aliphatic heterocycles. The van der Waals surface area contributed by atoms with Crippen molar-refractivity contribution >= 4 is 33.0 Å². The minimum absolute atomic E-state index is 0.0220. The first kappa shape index (κ1) is 23.3. The van der Waals surface area contributed by atoms with Crippen LogP contribution in [0.4, 0.5) is 27.6 Å². The highest BCUT2D eigenvalue weighted by atomic mass is 35.5. The van der Waals surface area contributed by atoms with Crippen LogP contribution in [-0.4, -0.2) is 48.7 Å². The third-order valence-electron chi connectivity index (χ3n) is 4.72. The fourth-order valence-electron chi connectivity index (χ4n) is 3.05. The van der Waals surface area contributed by atoms with E-state index in [4.69, 9.17) is 11.6 Å². The number of rotatable bonds is 5. The Hall–Kier alpha value is -2.34. The van der Waals surface area contributed by atoms with Crippen molar-refractivity contribution < 1.29 is 35.2 Å². The maximum atomic E-state index is 13.6. The molecule has 0 bridgehead atoms. The van der Waals surface area contributed by atoms with Crippen LogP contribution >= 0.6 is 11.6 Å². The smallest absolute Gasteiger partial charge is 0.304 e. The Balaban J connectivity index is 2.08. The molecule has 0 aromatic carbocycles. The monoisotopic (exact) mass is 483 g/mol. The molecule has 2 aromatic rings. The number of carbonyl (C=O) groups excluding carboxylic acids is 1. The highest BCUT2D eigenvalue weighted by Gasteiger charge is 2.59. The van der Waals surface area contributed by atoms with Gasteiger partial charge in [0.25, 0.3) is 0 Å². The van der Waals surface area contributed by atoms with Gasteiger partial charge >= 0.3 is 12.1 Å². The van der Waals surface area contributed by atoms with Gasteiger partial charge in [0.05, 0.1) is 34.8 Å². The zero-order valence-electron chi connectivity index (χ0n) is 15.9. The number of amides is 1. The van der Waals surface area contributed by atoms with E-state index in [1.807, 2.05) is 0 Å². The SMILES string of the molecule is CCS(=O)(=O)c1ccc(Cl)nc1-c1cc2c(cn1)N(CC(F)(F)C(F)(F)F)C(=O)CC2. The zero-order valence-corrected chi connectivity index (χ0v) is 17.5. The lowest BCUT2D eigenvalue weighted by molar-refractivity contribution is -0.276. The molecule has 1 aliphatic rings. The molecular formula is C18H15ClF5N3O3S. The second-order valence-electron chi connectivity index (χ2n) is 6.76. The van der Waals surface area contributed by atoms with Gasteiger partial charge in [0.2, 0.25) is 5.91 Å². The van der Waals surface area contributed by atoms with Gasteiger partial charge in [-0.15, -0.1) is 0 Å². The van der Waals surface area contributed by atoms with Gasteiger partial charge in [-0.1, -0.05) is 18.5 Å². The Kier molecular flexibility index (Phi) is 6.00. The average Bonchev–Trinajstić information content (AvgIpc) is 2.68. The molecule has 168 valence electrons. The largest absolute Gasteiger partial charge is 0.455 e. The molecule has 0 spiro atoms. The van der Waals surface area contributed by atoms with Gasteiger partial charge in [-0.25, -0.2) is 13.4 Å². The quantitative estimate of drug-likeness (QED) is 0.473. The molecule has 31 heavy (non-hydrogen) atoms. The van der Waals surface area contributed by atoms with Crippen LogP contribution in [0, 0.1) is 0 Å². The predicted molar refractivity (Wildman–Crippen MR) is 102 cm³/mol. The fourth-order valence-corrected chi connectivity index (χ4v) is 4.23. The minimum Gasteiger partial charge on any atom is -0.304 e. The molecule has 6 nitrogen and oxygen atoms in total. The molecule has 0 saturated carbocycles. The Labute approximate surface area is 179 Å². The van der Waals surface area contributed by atoms with Crippen molar-refractivity contribution in [2.75, 3.05) is 17.2 Å². The van der Waals surface area contributed by atoms with Gasteiger partial charge in [0.1, 0.15) is 10.8 Å². The van der Waals surface area contributed by atoms with Crippen molar-refractivity contribution in [3.05, 3.63) is 35.1 Å². The second kappa shape index (κ2) is 7.97. The number of fused-ring (bicyclic) bond motifs is 1. The summed E-state index contributed by atoms with van der Waals surface area (Å²) in [6.07, 6.45) is -5.12. The van der Waals surface area contributed by atoms with E-state index < -0.39 is 34.4 Å². The number of hydrogen-bond acceptors (Lipinski definition) is 5. The zero-order chi connectivity index (χ0) is 23.2. The molecular weight excluding hydrogens is 469 g/mol. The summed E-state index contributed by atoms with van der Waals surface area (Å²) in [5.74, 6) is -6.25. The Morgan fingerprint density at radius 1 is 1.16 bits per heavy atom. The third-order valence-corrected chi connectivity index (χ3v) is 6.69. The predicted octanol–water partition coefficient (Wildman–Crippen LogP) is 4.07. The number of anilines is 1. The van der Waals surface area contributed by atoms with E-state index in [0.29, 0.717) is 4.90 Å². The van der Waals surface area contributed by atoms with Crippen molar-refractivity contribution in [2.24, 2.45) is 0 Å². The molecule has 0 aliphatic carbocycles. The Morgan fingerprint density at radius 2 is 1.84 bits per heavy atom. The maximum Gasteiger partial charge on any atom is 0.455 e. The number of alkyl halides is 5. The molecule has 1 amide bonds. The standard InChI is InChI=1S/C18H15ClF5N3O3S/c1-2-31(29,30)13-4-5-14(19)26-16(13)11-7-10-3-6-15(28)27(12(10)8-25-11)9-17(20,21)18(22,23)24/h4-5,7-8H,2-3,6,9H2,1H3. The van der Waals surface area contributed by atoms with E-state index in [1.165, 1.54) is 25.1 Å². The van der Waals surface area contributed by atoms with Crippen LogP contribution in [0.1, 0.15) is 18.9 Å². The van der Waals surface area contributed by atoms with Gasteiger partial charge < -0.3 is 4.90 Å². The van der Waals surface area contributed by atoms with Crippen LogP contribution in [0.25, 0.3) is 11.4 Å². The van der Waals surface area contributed by atoms with Gasteiger partial charge in [-0.2, -0.15) is 22.0 Å². The fraction of sp³-hybridized carbons (Fsp3) is 0.389. The van der Waals surface area contributed by atoms with Crippen molar-refractivity contribution in [1.29, 1.82) is 0 Å². The molecule has 0 unspecified atom stereocenters. The summed E-state index contributed by atoms with van der Waals surface area (Å²) in [5.41, 5.74) is 0.00132. The van der Waals surface area contributed by atoms with Gasteiger partial charge in [0.15, 0.2) is 9.84 Å². The first-order valence-corrected chi connectivity index (χ1v) is 10.9. The van der Waals surface area contributed by atoms with Gasteiger partial charge in [0, 0.05) is 6.42 Å². The Morgan fingerprint density at radius 3 is 2.45 bits per heavy atom. The third kappa shape index (κ3) is 4.49. The van der Waals surface area contributed by atoms with E-state index in [2.05, 4.69) is 9.97 Å². The average molecular weight is 484 g/mol. The molecule has 3 rings (SSSR count). The van der Waals surface area contributed by atoms with Crippen LogP contribution in [0.2, 0.25) is 5.15 Å². The Bertz CT molecular complexity index is 1140. The van der Waals surface area contributed by atoms with Crippen molar-refractivity contribution in [3.63, 3.8) is 0 Å². The summed E-state index contributed by atoms with van der Waals surface area (Å²) in [7, 11) is -3.72. The lowest BCUT2D eigenvalue weighted by Crippen LogP contribution is -2.50. The van der Waals surface area contributed by atoms with E-state index >= 15 is 0 Å². The van der Waals surface area contributed by atoms with Crippen LogP contribution in [-0.2, 0) is 21.1 Å². The number of halogens is 6. The summed E-state index contributed by atoms with van der Waals surface area (Å²) in [6.45, 7) is -0.452.